The molecule has 0 atom stereocenters. The second-order valence-electron chi connectivity index (χ2n) is 10.2. The van der Waals surface area contributed by atoms with E-state index in [1.807, 2.05) is 0 Å². The van der Waals surface area contributed by atoms with Crippen molar-refractivity contribution in [3.63, 3.8) is 0 Å². The maximum absolute atomic E-state index is 10.8. The summed E-state index contributed by atoms with van der Waals surface area (Å²) in [4.78, 5) is 17.6. The summed E-state index contributed by atoms with van der Waals surface area (Å²) in [6, 6.07) is 0. The second-order valence-corrected chi connectivity index (χ2v) is 13.2. The van der Waals surface area contributed by atoms with E-state index < -0.39 is 7.60 Å². The van der Waals surface area contributed by atoms with Crippen LogP contribution < -0.4 is 5.32 Å². The van der Waals surface area contributed by atoms with Gasteiger partial charge in [0.25, 0.3) is 0 Å². The van der Waals surface area contributed by atoms with Gasteiger partial charge in [0.05, 0.1) is 0 Å². The fraction of sp³-hybridized carbons (Fsp3) is 1.00. The molecule has 0 aromatic heterocycles. The van der Waals surface area contributed by atoms with E-state index in [4.69, 9.17) is 9.79 Å². The van der Waals surface area contributed by atoms with Gasteiger partial charge in [0.2, 0.25) is 0 Å². The molecule has 0 unspecified atom stereocenters. The first kappa shape index (κ1) is 34.5. The molecule has 0 spiro atoms. The van der Waals surface area contributed by atoms with Crippen LogP contribution in [-0.4, -0.2) is 40.5 Å². The van der Waals surface area contributed by atoms with Gasteiger partial charge in [-0.05, 0) is 50.3 Å². The van der Waals surface area contributed by atoms with Gasteiger partial charge in [-0.3, -0.25) is 4.57 Å². The lowest BCUT2D eigenvalue weighted by atomic mass is 10.1. The van der Waals surface area contributed by atoms with Crippen molar-refractivity contribution < 1.29 is 14.4 Å². The summed E-state index contributed by atoms with van der Waals surface area (Å²) in [5.41, 5.74) is 0. The molecule has 4 nitrogen and oxygen atoms in total. The summed E-state index contributed by atoms with van der Waals surface area (Å²) in [6.45, 7) is 4.62. The summed E-state index contributed by atoms with van der Waals surface area (Å²) >= 11 is 2.14. The maximum atomic E-state index is 10.8. The molecule has 0 aliphatic heterocycles. The van der Waals surface area contributed by atoms with Crippen LogP contribution in [-0.2, 0) is 4.57 Å². The minimum atomic E-state index is -3.77. The zero-order valence-electron chi connectivity index (χ0n) is 22.8. The molecule has 0 bridgehead atoms. The normalized spacial score (nSPS) is 12.0. The van der Waals surface area contributed by atoms with E-state index in [1.54, 1.807) is 0 Å². The molecule has 0 aliphatic carbocycles. The van der Waals surface area contributed by atoms with Crippen molar-refractivity contribution in [3.8, 4) is 0 Å². The highest BCUT2D eigenvalue weighted by molar-refractivity contribution is 7.99. The SMILES string of the molecule is CCCCCCCCCCCCCCSCCCNCCCCCCCCCCCP(=O)(O)O. The first-order chi connectivity index (χ1) is 16.6. The Hall–Kier alpha value is 0.460. The van der Waals surface area contributed by atoms with Gasteiger partial charge < -0.3 is 15.1 Å². The van der Waals surface area contributed by atoms with Crippen molar-refractivity contribution in [2.24, 2.45) is 0 Å². The zero-order chi connectivity index (χ0) is 25.0. The standard InChI is InChI=1S/C28H60NO3PS/c1-2-3-4-5-6-7-8-9-13-16-19-22-27-34-28-23-25-29-24-20-17-14-11-10-12-15-18-21-26-33(30,31)32/h29H,2-28H2,1H3,(H2,30,31,32). The van der Waals surface area contributed by atoms with Gasteiger partial charge in [-0.1, -0.05) is 122 Å². The molecule has 0 aromatic carbocycles. The molecular formula is C28H60NO3PS. The van der Waals surface area contributed by atoms with Crippen LogP contribution in [0.15, 0.2) is 0 Å². The first-order valence-electron chi connectivity index (χ1n) is 14.9. The number of hydrogen-bond acceptors (Lipinski definition) is 3. The van der Waals surface area contributed by atoms with Crippen LogP contribution in [0.1, 0.15) is 148 Å². The predicted octanol–water partition coefficient (Wildman–Crippen LogP) is 9.09. The molecule has 0 radical (unpaired) electrons. The van der Waals surface area contributed by atoms with Gasteiger partial charge in [-0.25, -0.2) is 0 Å². The highest BCUT2D eigenvalue weighted by Gasteiger charge is 2.10. The fourth-order valence-corrected chi connectivity index (χ4v) is 5.97. The minimum absolute atomic E-state index is 0.0537. The van der Waals surface area contributed by atoms with Crippen LogP contribution in [0.4, 0.5) is 0 Å². The van der Waals surface area contributed by atoms with Crippen LogP contribution >= 0.6 is 19.4 Å². The summed E-state index contributed by atoms with van der Waals surface area (Å²) in [5, 5.41) is 3.60. The Morgan fingerprint density at radius 2 is 0.912 bits per heavy atom. The van der Waals surface area contributed by atoms with Crippen molar-refractivity contribution in [1.82, 2.24) is 5.32 Å². The first-order valence-corrected chi connectivity index (χ1v) is 17.8. The Balaban J connectivity index is 3.03. The van der Waals surface area contributed by atoms with Crippen LogP contribution in [0.5, 0.6) is 0 Å². The quantitative estimate of drug-likeness (QED) is 0.0676. The molecule has 0 heterocycles. The third-order valence-electron chi connectivity index (χ3n) is 6.59. The molecule has 0 saturated heterocycles. The molecule has 206 valence electrons. The molecule has 0 saturated carbocycles. The highest BCUT2D eigenvalue weighted by Crippen LogP contribution is 2.35. The molecule has 6 heteroatoms. The van der Waals surface area contributed by atoms with Gasteiger partial charge in [0, 0.05) is 6.16 Å². The van der Waals surface area contributed by atoms with E-state index in [0.717, 1.165) is 19.4 Å². The van der Waals surface area contributed by atoms with E-state index >= 15 is 0 Å². The smallest absolute Gasteiger partial charge is 0.324 e. The second kappa shape index (κ2) is 28.0. The Morgan fingerprint density at radius 3 is 1.41 bits per heavy atom. The minimum Gasteiger partial charge on any atom is -0.324 e. The third kappa shape index (κ3) is 32.5. The fourth-order valence-electron chi connectivity index (χ4n) is 4.38. The molecular weight excluding hydrogens is 461 g/mol. The molecule has 0 rings (SSSR count). The zero-order valence-corrected chi connectivity index (χ0v) is 24.5. The predicted molar refractivity (Wildman–Crippen MR) is 154 cm³/mol. The molecule has 0 amide bonds. The van der Waals surface area contributed by atoms with E-state index in [2.05, 4.69) is 24.0 Å². The van der Waals surface area contributed by atoms with E-state index in [-0.39, 0.29) is 6.16 Å². The number of nitrogens with one attached hydrogen (secondary N) is 1. The van der Waals surface area contributed by atoms with Crippen LogP contribution in [0.2, 0.25) is 0 Å². The molecule has 0 aliphatic rings. The van der Waals surface area contributed by atoms with Crippen molar-refractivity contribution in [2.45, 2.75) is 148 Å². The van der Waals surface area contributed by atoms with Gasteiger partial charge in [-0.15, -0.1) is 0 Å². The molecule has 0 aromatic rings. The van der Waals surface area contributed by atoms with Crippen molar-refractivity contribution in [1.29, 1.82) is 0 Å². The summed E-state index contributed by atoms with van der Waals surface area (Å²) in [7, 11) is -3.77. The average molecular weight is 522 g/mol. The largest absolute Gasteiger partial charge is 0.325 e. The Kier molecular flexibility index (Phi) is 28.4. The average Bonchev–Trinajstić information content (AvgIpc) is 2.80. The highest BCUT2D eigenvalue weighted by atomic mass is 32.2. The van der Waals surface area contributed by atoms with Crippen molar-refractivity contribution in [2.75, 3.05) is 30.8 Å². The summed E-state index contributed by atoms with van der Waals surface area (Å²) in [5.74, 6) is 2.65. The number of thioether (sulfide) groups is 1. The molecule has 34 heavy (non-hydrogen) atoms. The van der Waals surface area contributed by atoms with Gasteiger partial charge >= 0.3 is 7.60 Å². The van der Waals surface area contributed by atoms with E-state index in [1.165, 1.54) is 140 Å². The summed E-state index contributed by atoms with van der Waals surface area (Å²) in [6.07, 6.45) is 29.0. The van der Waals surface area contributed by atoms with E-state index in [0.29, 0.717) is 6.42 Å². The Bertz CT molecular complexity index is 434. The van der Waals surface area contributed by atoms with Gasteiger partial charge in [0.15, 0.2) is 0 Å². The number of unbranched alkanes of at least 4 members (excludes halogenated alkanes) is 19. The number of rotatable bonds is 29. The maximum Gasteiger partial charge on any atom is 0.325 e. The van der Waals surface area contributed by atoms with Crippen molar-refractivity contribution >= 4 is 19.4 Å². The lowest BCUT2D eigenvalue weighted by Crippen LogP contribution is -2.17. The lowest BCUT2D eigenvalue weighted by molar-refractivity contribution is 0.370. The topological polar surface area (TPSA) is 69.6 Å². The Morgan fingerprint density at radius 1 is 0.529 bits per heavy atom. The van der Waals surface area contributed by atoms with Crippen LogP contribution in [0.25, 0.3) is 0 Å². The lowest BCUT2D eigenvalue weighted by Gasteiger charge is -2.06. The van der Waals surface area contributed by atoms with E-state index in [9.17, 15) is 4.57 Å². The van der Waals surface area contributed by atoms with Gasteiger partial charge in [0.1, 0.15) is 0 Å². The third-order valence-corrected chi connectivity index (χ3v) is 8.64. The van der Waals surface area contributed by atoms with Gasteiger partial charge in [-0.2, -0.15) is 11.8 Å². The van der Waals surface area contributed by atoms with Crippen LogP contribution in [0.3, 0.4) is 0 Å². The van der Waals surface area contributed by atoms with Crippen molar-refractivity contribution in [3.05, 3.63) is 0 Å². The molecule has 0 fully saturated rings. The monoisotopic (exact) mass is 521 g/mol. The number of hydrogen-bond donors (Lipinski definition) is 3. The van der Waals surface area contributed by atoms with Crippen LogP contribution in [0, 0.1) is 0 Å². The molecule has 3 N–H and O–H groups in total. The summed E-state index contributed by atoms with van der Waals surface area (Å²) < 4.78 is 10.8. The Labute approximate surface area is 217 Å².